The van der Waals surface area contributed by atoms with Crippen molar-refractivity contribution in [3.63, 3.8) is 0 Å². The first-order chi connectivity index (χ1) is 10.1. The Kier molecular flexibility index (Phi) is 5.84. The Labute approximate surface area is 131 Å². The van der Waals surface area contributed by atoms with Crippen LogP contribution >= 0.6 is 0 Å². The molecule has 6 heteroatoms. The molecule has 0 saturated heterocycles. The molecular weight excluding hydrogens is 300 g/mol. The fourth-order valence-corrected chi connectivity index (χ4v) is 15.4. The molecule has 0 aromatic rings. The zero-order valence-electron chi connectivity index (χ0n) is 14.1. The van der Waals surface area contributed by atoms with Crippen LogP contribution in [0.25, 0.3) is 0 Å². The zero-order chi connectivity index (χ0) is 15.5. The van der Waals surface area contributed by atoms with Crippen molar-refractivity contribution < 1.29 is 17.7 Å². The lowest BCUT2D eigenvalue weighted by Gasteiger charge is -2.41. The van der Waals surface area contributed by atoms with Crippen LogP contribution < -0.4 is 0 Å². The van der Waals surface area contributed by atoms with Gasteiger partial charge >= 0.3 is 8.80 Å². The molecule has 21 heavy (non-hydrogen) atoms. The summed E-state index contributed by atoms with van der Waals surface area (Å²) in [6, 6.07) is 1.16. The molecule has 1 saturated carbocycles. The van der Waals surface area contributed by atoms with Crippen LogP contribution in [0, 0.1) is 11.8 Å². The lowest BCUT2D eigenvalue weighted by Crippen LogP contribution is -2.56. The lowest BCUT2D eigenvalue weighted by molar-refractivity contribution is 0.126. The molecule has 4 unspecified atom stereocenters. The van der Waals surface area contributed by atoms with Gasteiger partial charge in [0.05, 0.1) is 0 Å². The van der Waals surface area contributed by atoms with Crippen LogP contribution in [-0.2, 0) is 17.7 Å². The molecule has 4 nitrogen and oxygen atoms in total. The Morgan fingerprint density at radius 2 is 1.62 bits per heavy atom. The van der Waals surface area contributed by atoms with E-state index in [1.165, 1.54) is 12.8 Å². The summed E-state index contributed by atoms with van der Waals surface area (Å²) in [5.41, 5.74) is 1.56. The summed E-state index contributed by atoms with van der Waals surface area (Å²) in [6.45, 7) is 2.25. The van der Waals surface area contributed by atoms with E-state index in [2.05, 4.69) is 19.1 Å². The molecule has 0 heterocycles. The van der Waals surface area contributed by atoms with E-state index in [4.69, 9.17) is 17.7 Å². The molecule has 2 aliphatic rings. The molecule has 0 N–H and O–H groups in total. The van der Waals surface area contributed by atoms with Crippen LogP contribution in [0.3, 0.4) is 0 Å². The third kappa shape index (κ3) is 3.21. The predicted octanol–water partition coefficient (Wildman–Crippen LogP) is 3.37. The van der Waals surface area contributed by atoms with Crippen LogP contribution in [0.4, 0.5) is 0 Å². The highest BCUT2D eigenvalue weighted by Gasteiger charge is 2.57. The van der Waals surface area contributed by atoms with Crippen molar-refractivity contribution in [3.05, 3.63) is 12.2 Å². The minimum atomic E-state index is -2.59. The maximum Gasteiger partial charge on any atom is 0.499 e. The Morgan fingerprint density at radius 3 is 2.00 bits per heavy atom. The summed E-state index contributed by atoms with van der Waals surface area (Å²) in [4.78, 5) is 0. The molecule has 0 amide bonds. The molecule has 0 spiro atoms. The van der Waals surface area contributed by atoms with E-state index < -0.39 is 17.1 Å². The van der Waals surface area contributed by atoms with Crippen molar-refractivity contribution in [1.82, 2.24) is 0 Å². The molecular formula is C15H30O4Si2. The second kappa shape index (κ2) is 7.06. The average Bonchev–Trinajstić information content (AvgIpc) is 3.15. The first-order valence-electron chi connectivity index (χ1n) is 7.97. The molecule has 2 aliphatic carbocycles. The standard InChI is InChI=1S/C15H30O4Si2/c1-6-9-20(16-2,12-21(17-3,18-4)19-5)15-11-13-7-8-14(15)10-13/h7-8,13-15H,6,9-12H2,1-5H3. The van der Waals surface area contributed by atoms with Crippen molar-refractivity contribution in [3.8, 4) is 0 Å². The fraction of sp³-hybridized carbons (Fsp3) is 0.867. The van der Waals surface area contributed by atoms with Crippen LogP contribution in [0.2, 0.25) is 17.3 Å². The molecule has 0 radical (unpaired) electrons. The van der Waals surface area contributed by atoms with Crippen molar-refractivity contribution in [1.29, 1.82) is 0 Å². The van der Waals surface area contributed by atoms with Crippen LogP contribution in [-0.4, -0.2) is 45.6 Å². The lowest BCUT2D eigenvalue weighted by atomic mass is 10.1. The van der Waals surface area contributed by atoms with Crippen molar-refractivity contribution in [2.75, 3.05) is 28.4 Å². The maximum absolute atomic E-state index is 6.28. The average molecular weight is 331 g/mol. The summed E-state index contributed by atoms with van der Waals surface area (Å²) < 4.78 is 23.4. The highest BCUT2D eigenvalue weighted by atomic mass is 28.4. The van der Waals surface area contributed by atoms with E-state index >= 15 is 0 Å². The van der Waals surface area contributed by atoms with E-state index in [9.17, 15) is 0 Å². The predicted molar refractivity (Wildman–Crippen MR) is 88.6 cm³/mol. The maximum atomic E-state index is 6.28. The minimum absolute atomic E-state index is 0.685. The molecule has 0 aliphatic heterocycles. The van der Waals surface area contributed by atoms with E-state index in [0.29, 0.717) is 11.5 Å². The van der Waals surface area contributed by atoms with Crippen molar-refractivity contribution in [2.45, 2.75) is 43.4 Å². The van der Waals surface area contributed by atoms with Gasteiger partial charge in [-0.3, -0.25) is 0 Å². The first-order valence-corrected chi connectivity index (χ1v) is 12.3. The van der Waals surface area contributed by atoms with Gasteiger partial charge in [-0.25, -0.2) is 0 Å². The smallest absolute Gasteiger partial charge is 0.420 e. The number of hydrogen-bond acceptors (Lipinski definition) is 4. The molecule has 122 valence electrons. The molecule has 0 aromatic carbocycles. The van der Waals surface area contributed by atoms with Crippen LogP contribution in [0.5, 0.6) is 0 Å². The van der Waals surface area contributed by atoms with E-state index in [1.807, 2.05) is 7.11 Å². The quantitative estimate of drug-likeness (QED) is 0.480. The monoisotopic (exact) mass is 330 g/mol. The van der Waals surface area contributed by atoms with Gasteiger partial charge in [0.1, 0.15) is 0 Å². The molecule has 4 atom stereocenters. The highest BCUT2D eigenvalue weighted by Crippen LogP contribution is 2.54. The van der Waals surface area contributed by atoms with E-state index in [-0.39, 0.29) is 0 Å². The second-order valence-electron chi connectivity index (χ2n) is 6.38. The summed E-state index contributed by atoms with van der Waals surface area (Å²) in [5.74, 6) is 1.47. The van der Waals surface area contributed by atoms with Gasteiger partial charge < -0.3 is 17.7 Å². The highest BCUT2D eigenvalue weighted by molar-refractivity contribution is 6.88. The molecule has 1 fully saturated rings. The Morgan fingerprint density at radius 1 is 0.952 bits per heavy atom. The third-order valence-corrected chi connectivity index (χ3v) is 15.6. The van der Waals surface area contributed by atoms with Crippen molar-refractivity contribution in [2.24, 2.45) is 11.8 Å². The van der Waals surface area contributed by atoms with Gasteiger partial charge in [0, 0.05) is 34.1 Å². The van der Waals surface area contributed by atoms with Gasteiger partial charge in [0.25, 0.3) is 0 Å². The Bertz CT molecular complexity index is 364. The molecule has 2 rings (SSSR count). The number of hydrogen-bond donors (Lipinski definition) is 0. The normalized spacial score (nSPS) is 30.8. The Balaban J connectivity index is 2.26. The summed E-state index contributed by atoms with van der Waals surface area (Å²) in [5, 5.41) is 0. The van der Waals surface area contributed by atoms with Crippen LogP contribution in [0.1, 0.15) is 26.2 Å². The minimum Gasteiger partial charge on any atom is -0.420 e. The SMILES string of the molecule is CCC[Si](C[Si](OC)(OC)OC)(OC)C1CC2C=CC1C2. The molecule has 0 aromatic heterocycles. The van der Waals surface area contributed by atoms with Crippen LogP contribution in [0.15, 0.2) is 12.2 Å². The third-order valence-electron chi connectivity index (χ3n) is 5.48. The van der Waals surface area contributed by atoms with Gasteiger partial charge in [-0.2, -0.15) is 0 Å². The van der Waals surface area contributed by atoms with E-state index in [1.54, 1.807) is 21.3 Å². The summed E-state index contributed by atoms with van der Waals surface area (Å²) >= 11 is 0. The summed E-state index contributed by atoms with van der Waals surface area (Å²) in [7, 11) is 2.48. The number of fused-ring (bicyclic) bond motifs is 2. The van der Waals surface area contributed by atoms with Gasteiger partial charge in [-0.1, -0.05) is 25.5 Å². The van der Waals surface area contributed by atoms with E-state index in [0.717, 1.165) is 24.1 Å². The van der Waals surface area contributed by atoms with Gasteiger partial charge in [0.15, 0.2) is 8.32 Å². The molecule has 2 bridgehead atoms. The van der Waals surface area contributed by atoms with Gasteiger partial charge in [-0.15, -0.1) is 0 Å². The number of allylic oxidation sites excluding steroid dienone is 2. The second-order valence-corrected chi connectivity index (χ2v) is 14.2. The van der Waals surface area contributed by atoms with Gasteiger partial charge in [-0.05, 0) is 36.3 Å². The topological polar surface area (TPSA) is 36.9 Å². The van der Waals surface area contributed by atoms with Crippen molar-refractivity contribution >= 4 is 17.1 Å². The van der Waals surface area contributed by atoms with Gasteiger partial charge in [0.2, 0.25) is 0 Å². The first kappa shape index (κ1) is 17.4. The Hall–Kier alpha value is 0.0138. The fourth-order valence-electron chi connectivity index (χ4n) is 4.37. The number of rotatable bonds is 9. The zero-order valence-corrected chi connectivity index (χ0v) is 16.1. The summed E-state index contributed by atoms with van der Waals surface area (Å²) in [6.07, 6.45) is 8.57. The largest absolute Gasteiger partial charge is 0.499 e.